The van der Waals surface area contributed by atoms with Gasteiger partial charge in [0, 0.05) is 26.2 Å². The van der Waals surface area contributed by atoms with Crippen molar-refractivity contribution in [3.63, 3.8) is 0 Å². The van der Waals surface area contributed by atoms with E-state index < -0.39 is 102 Å². The fourth-order valence-electron chi connectivity index (χ4n) is 8.53. The highest BCUT2D eigenvalue weighted by molar-refractivity contribution is 5.98. The fraction of sp³-hybridized carbons (Fsp3) is 0.660. The van der Waals surface area contributed by atoms with Gasteiger partial charge < -0.3 is 87.8 Å². The van der Waals surface area contributed by atoms with Crippen LogP contribution in [0.1, 0.15) is 117 Å². The second kappa shape index (κ2) is 35.1. The number of hydrogen-bond donors (Lipinski definition) is 15. The van der Waals surface area contributed by atoms with Crippen molar-refractivity contribution >= 4 is 65.2 Å². The molecule has 1 saturated heterocycles. The third-order valence-corrected chi connectivity index (χ3v) is 12.9. The molecule has 0 aliphatic carbocycles. The molecule has 7 amide bonds. The molecule has 23 N–H and O–H groups in total. The van der Waals surface area contributed by atoms with Crippen LogP contribution >= 0.6 is 0 Å². The first-order chi connectivity index (χ1) is 36.5. The van der Waals surface area contributed by atoms with Gasteiger partial charge in [-0.25, -0.2) is 4.79 Å². The quantitative estimate of drug-likeness (QED) is 0.0180. The van der Waals surface area contributed by atoms with E-state index in [9.17, 15) is 43.5 Å². The number of carboxylic acid groups (broad SMARTS) is 1. The Hall–Kier alpha value is -7.29. The molecule has 27 heteroatoms. The number of nitrogens with zero attached hydrogens (tertiary/aromatic N) is 4. The van der Waals surface area contributed by atoms with Crippen molar-refractivity contribution in [1.29, 1.82) is 0 Å². The van der Waals surface area contributed by atoms with E-state index in [4.69, 9.17) is 45.9 Å². The van der Waals surface area contributed by atoms with Crippen molar-refractivity contribution in [3.05, 3.63) is 35.9 Å². The summed E-state index contributed by atoms with van der Waals surface area (Å²) in [4.78, 5) is 124. The van der Waals surface area contributed by atoms with E-state index in [1.54, 1.807) is 13.8 Å². The minimum atomic E-state index is -1.35. The van der Waals surface area contributed by atoms with Crippen LogP contribution in [0.15, 0.2) is 45.3 Å². The van der Waals surface area contributed by atoms with Gasteiger partial charge in [0.05, 0.1) is 6.04 Å². The number of carboxylic acids is 1. The summed E-state index contributed by atoms with van der Waals surface area (Å²) in [6.07, 6.45) is 3.06. The van der Waals surface area contributed by atoms with Gasteiger partial charge in [-0.3, -0.25) is 48.5 Å². The van der Waals surface area contributed by atoms with Crippen LogP contribution < -0.4 is 77.8 Å². The lowest BCUT2D eigenvalue weighted by atomic mass is 9.96. The molecule has 1 fully saturated rings. The molecule has 0 aromatic heterocycles. The number of nitrogens with two attached hydrogens (primary N) is 8. The minimum absolute atomic E-state index is 0.00194. The predicted octanol–water partition coefficient (Wildman–Crippen LogP) is -3.08. The number of aliphatic imine (C=N–C) groups is 3. The second-order valence-corrected chi connectivity index (χ2v) is 19.8. The number of carbonyl (C=O) groups is 8. The van der Waals surface area contributed by atoms with Gasteiger partial charge in [0.1, 0.15) is 42.3 Å². The number of benzene rings is 1. The highest BCUT2D eigenvalue weighted by Gasteiger charge is 2.40. The zero-order chi connectivity index (χ0) is 57.6. The van der Waals surface area contributed by atoms with E-state index in [0.717, 1.165) is 5.56 Å². The molecule has 77 heavy (non-hydrogen) atoms. The number of guanidine groups is 3. The molecule has 1 heterocycles. The van der Waals surface area contributed by atoms with Crippen LogP contribution in [0, 0.1) is 11.8 Å². The Kier molecular flexibility index (Phi) is 30.0. The molecule has 432 valence electrons. The van der Waals surface area contributed by atoms with Gasteiger partial charge in [-0.15, -0.1) is 0 Å². The molecular weight excluding hydrogens is 997 g/mol. The minimum Gasteiger partial charge on any atom is -0.480 e. The molecule has 9 atom stereocenters. The molecule has 1 aromatic rings. The van der Waals surface area contributed by atoms with Crippen molar-refractivity contribution < 1.29 is 43.5 Å². The zero-order valence-electron chi connectivity index (χ0n) is 45.2. The molecule has 0 unspecified atom stereocenters. The first-order valence-electron chi connectivity index (χ1n) is 26.5. The maximum absolute atomic E-state index is 14.5. The molecule has 1 aliphatic rings. The first kappa shape index (κ1) is 65.8. The SMILES string of the molecule is CC[C@H](C)[C@H](NC(=O)[C@H](CCCN=C(N)N)NC(=O)[C@H](CC(C)C)NC(=O)[C@@H](N)Cc1ccccc1)C(=O)N[C@@H](CCCN=C(N)N)C(=O)N[C@@H](CCCN=C(N)N)C(=O)N1CCC[C@H]1C(=O)N[C@@H](CCCCN)C(=O)O. The molecule has 1 aromatic carbocycles. The maximum Gasteiger partial charge on any atom is 0.326 e. The standard InChI is InChI=1S/C50H88N18O9/c1-5-30(4)39(67-42(71)34(19-12-24-60-49(55)56)62-43(72)37(27-29(2)3)66-40(69)32(52)28-31-15-7-6-8-16-31)45(74)63-33(18-11-23-59-48(53)54)41(70)64-35(20-13-25-61-50(57)58)46(75)68-26-14-21-38(68)44(73)65-36(47(76)77)17-9-10-22-51/h6-8,15-16,29-30,32-39H,5,9-14,17-28,51-52H2,1-4H3,(H,62,72)(H,63,74)(H,64,70)(H,65,73)(H,66,69)(H,67,71)(H,76,77)(H4,53,54,59)(H4,55,56,60)(H4,57,58,61)/t30-,32-,33-,34-,35-,36-,37-,38-,39-/m0/s1. The molecule has 0 spiro atoms. The number of likely N-dealkylation sites (tertiary alicyclic amines) is 1. The van der Waals surface area contributed by atoms with Crippen molar-refractivity contribution in [1.82, 2.24) is 36.8 Å². The summed E-state index contributed by atoms with van der Waals surface area (Å²) in [6, 6.07) is -0.386. The van der Waals surface area contributed by atoms with Crippen molar-refractivity contribution in [2.24, 2.45) is 72.7 Å². The monoisotopic (exact) mass is 1080 g/mol. The third-order valence-electron chi connectivity index (χ3n) is 12.9. The van der Waals surface area contributed by atoms with Gasteiger partial charge >= 0.3 is 5.97 Å². The predicted molar refractivity (Wildman–Crippen MR) is 294 cm³/mol. The van der Waals surface area contributed by atoms with Gasteiger partial charge in [0.2, 0.25) is 41.4 Å². The molecule has 0 bridgehead atoms. The van der Waals surface area contributed by atoms with Crippen LogP contribution in [-0.4, -0.2) is 156 Å². The average molecular weight is 1090 g/mol. The Bertz CT molecular complexity index is 2150. The Balaban J connectivity index is 2.49. The van der Waals surface area contributed by atoms with E-state index in [0.29, 0.717) is 32.2 Å². The highest BCUT2D eigenvalue weighted by atomic mass is 16.4. The van der Waals surface area contributed by atoms with Crippen LogP contribution in [0.3, 0.4) is 0 Å². The summed E-state index contributed by atoms with van der Waals surface area (Å²) < 4.78 is 0. The fourth-order valence-corrected chi connectivity index (χ4v) is 8.53. The van der Waals surface area contributed by atoms with Crippen LogP contribution in [0.4, 0.5) is 0 Å². The second-order valence-electron chi connectivity index (χ2n) is 19.8. The maximum atomic E-state index is 14.5. The van der Waals surface area contributed by atoms with Crippen LogP contribution in [0.5, 0.6) is 0 Å². The summed E-state index contributed by atoms with van der Waals surface area (Å²) in [7, 11) is 0. The molecule has 2 rings (SSSR count). The van der Waals surface area contributed by atoms with Gasteiger partial charge in [-0.1, -0.05) is 64.4 Å². The number of hydrogen-bond acceptors (Lipinski definition) is 13. The van der Waals surface area contributed by atoms with Gasteiger partial charge in [0.15, 0.2) is 17.9 Å². The van der Waals surface area contributed by atoms with Gasteiger partial charge in [0.25, 0.3) is 0 Å². The molecule has 27 nitrogen and oxygen atoms in total. The van der Waals surface area contributed by atoms with Gasteiger partial charge in [-0.2, -0.15) is 0 Å². The summed E-state index contributed by atoms with van der Waals surface area (Å²) in [6.45, 7) is 7.94. The third kappa shape index (κ3) is 24.9. The Morgan fingerprint density at radius 2 is 1.10 bits per heavy atom. The highest BCUT2D eigenvalue weighted by Crippen LogP contribution is 2.21. The topological polar surface area (TPSA) is 477 Å². The number of carbonyl (C=O) groups excluding carboxylic acids is 7. The zero-order valence-corrected chi connectivity index (χ0v) is 45.2. The lowest BCUT2D eigenvalue weighted by Gasteiger charge is -2.31. The summed E-state index contributed by atoms with van der Waals surface area (Å²) in [5.41, 5.74) is 46.0. The van der Waals surface area contributed by atoms with E-state index in [2.05, 4.69) is 46.9 Å². The average Bonchev–Trinajstić information content (AvgIpc) is 3.87. The van der Waals surface area contributed by atoms with E-state index >= 15 is 0 Å². The first-order valence-corrected chi connectivity index (χ1v) is 26.5. The van der Waals surface area contributed by atoms with Crippen LogP contribution in [-0.2, 0) is 44.8 Å². The Morgan fingerprint density at radius 1 is 0.623 bits per heavy atom. The molecular formula is C50H88N18O9. The molecule has 1 aliphatic heterocycles. The number of rotatable bonds is 36. The normalized spacial score (nSPS) is 16.1. The van der Waals surface area contributed by atoms with Crippen molar-refractivity contribution in [2.75, 3.05) is 32.7 Å². The Morgan fingerprint density at radius 3 is 1.61 bits per heavy atom. The smallest absolute Gasteiger partial charge is 0.326 e. The van der Waals surface area contributed by atoms with Crippen molar-refractivity contribution in [3.8, 4) is 0 Å². The van der Waals surface area contributed by atoms with E-state index in [-0.39, 0.29) is 114 Å². The van der Waals surface area contributed by atoms with E-state index in [1.807, 2.05) is 44.2 Å². The summed E-state index contributed by atoms with van der Waals surface area (Å²) >= 11 is 0. The lowest BCUT2D eigenvalue weighted by molar-refractivity contribution is -0.145. The van der Waals surface area contributed by atoms with Crippen LogP contribution in [0.25, 0.3) is 0 Å². The molecule has 0 saturated carbocycles. The molecule has 0 radical (unpaired) electrons. The Labute approximate surface area is 451 Å². The number of unbranched alkanes of at least 4 members (excludes halogenated alkanes) is 1. The van der Waals surface area contributed by atoms with E-state index in [1.165, 1.54) is 4.90 Å². The number of amides is 7. The number of aliphatic carboxylic acids is 1. The lowest BCUT2D eigenvalue weighted by Crippen LogP contribution is -2.61. The largest absolute Gasteiger partial charge is 0.480 e. The summed E-state index contributed by atoms with van der Waals surface area (Å²) in [5.74, 6) is -7.32. The van der Waals surface area contributed by atoms with Crippen molar-refractivity contribution in [2.45, 2.75) is 166 Å². The van der Waals surface area contributed by atoms with Crippen LogP contribution in [0.2, 0.25) is 0 Å². The number of nitrogens with one attached hydrogen (secondary N) is 6. The summed E-state index contributed by atoms with van der Waals surface area (Å²) in [5, 5.41) is 26.2. The van der Waals surface area contributed by atoms with Gasteiger partial charge in [-0.05, 0) is 107 Å².